The highest BCUT2D eigenvalue weighted by atomic mass is 16.2. The maximum absolute atomic E-state index is 12.1. The topological polar surface area (TPSA) is 47.3 Å². The lowest BCUT2D eigenvalue weighted by Crippen LogP contribution is -2.59. The van der Waals surface area contributed by atoms with Gasteiger partial charge in [0, 0.05) is 19.1 Å². The molecule has 15 heavy (non-hydrogen) atoms. The van der Waals surface area contributed by atoms with Crippen molar-refractivity contribution in [2.45, 2.75) is 38.8 Å². The summed E-state index contributed by atoms with van der Waals surface area (Å²) in [4.78, 5) is 16.0. The molecule has 0 aromatic heterocycles. The molecule has 4 nitrogen and oxygen atoms in total. The van der Waals surface area contributed by atoms with E-state index in [1.807, 2.05) is 16.8 Å². The van der Waals surface area contributed by atoms with Crippen molar-refractivity contribution in [2.75, 3.05) is 20.1 Å². The molecule has 1 saturated heterocycles. The van der Waals surface area contributed by atoms with Crippen molar-refractivity contribution in [3.05, 3.63) is 0 Å². The average Bonchev–Trinajstić information content (AvgIpc) is 2.19. The van der Waals surface area contributed by atoms with Gasteiger partial charge in [-0.25, -0.2) is 0 Å². The van der Waals surface area contributed by atoms with Crippen LogP contribution < -0.4 is 0 Å². The van der Waals surface area contributed by atoms with Crippen LogP contribution in [0, 0.1) is 11.3 Å². The van der Waals surface area contributed by atoms with E-state index in [4.69, 9.17) is 5.26 Å². The summed E-state index contributed by atoms with van der Waals surface area (Å²) in [6.45, 7) is 5.79. The standard InChI is InChI=1S/C11H19N3O/c1-4-7-14-9(2)8-13(3)10(5-6-12)11(14)15/h9-10H,4-5,7-8H2,1-3H3. The summed E-state index contributed by atoms with van der Waals surface area (Å²) >= 11 is 0. The van der Waals surface area contributed by atoms with E-state index in [1.165, 1.54) is 0 Å². The first-order valence-electron chi connectivity index (χ1n) is 5.49. The van der Waals surface area contributed by atoms with Gasteiger partial charge < -0.3 is 4.90 Å². The Hall–Kier alpha value is -1.08. The molecule has 1 amide bonds. The lowest BCUT2D eigenvalue weighted by atomic mass is 10.0. The van der Waals surface area contributed by atoms with Crippen molar-refractivity contribution in [3.8, 4) is 6.07 Å². The molecular weight excluding hydrogens is 190 g/mol. The number of piperazine rings is 1. The van der Waals surface area contributed by atoms with Crippen LogP contribution in [0.5, 0.6) is 0 Å². The molecule has 0 bridgehead atoms. The fraction of sp³-hybridized carbons (Fsp3) is 0.818. The molecule has 1 fully saturated rings. The summed E-state index contributed by atoms with van der Waals surface area (Å²) in [5.74, 6) is 0.111. The van der Waals surface area contributed by atoms with Crippen molar-refractivity contribution in [2.24, 2.45) is 0 Å². The minimum Gasteiger partial charge on any atom is -0.337 e. The summed E-state index contributed by atoms with van der Waals surface area (Å²) in [6, 6.07) is 2.11. The molecule has 1 heterocycles. The molecule has 0 radical (unpaired) electrons. The zero-order valence-corrected chi connectivity index (χ0v) is 9.73. The first-order chi connectivity index (χ1) is 7.11. The SMILES string of the molecule is CCCN1C(=O)C(CC#N)N(C)CC1C. The second kappa shape index (κ2) is 5.13. The number of carbonyl (C=O) groups excluding carboxylic acids is 1. The predicted molar refractivity (Wildman–Crippen MR) is 58.1 cm³/mol. The highest BCUT2D eigenvalue weighted by Crippen LogP contribution is 2.17. The minimum atomic E-state index is -0.238. The Morgan fingerprint density at radius 1 is 1.60 bits per heavy atom. The molecule has 1 rings (SSSR count). The Bertz CT molecular complexity index is 271. The van der Waals surface area contributed by atoms with Crippen LogP contribution in [0.25, 0.3) is 0 Å². The average molecular weight is 209 g/mol. The second-order valence-electron chi connectivity index (χ2n) is 4.20. The Balaban J connectivity index is 2.75. The van der Waals surface area contributed by atoms with Crippen LogP contribution in [0.15, 0.2) is 0 Å². The number of hydrogen-bond donors (Lipinski definition) is 0. The van der Waals surface area contributed by atoms with Gasteiger partial charge in [-0.3, -0.25) is 9.69 Å². The van der Waals surface area contributed by atoms with Crippen molar-refractivity contribution in [1.82, 2.24) is 9.80 Å². The van der Waals surface area contributed by atoms with E-state index in [0.29, 0.717) is 6.42 Å². The minimum absolute atomic E-state index is 0.111. The van der Waals surface area contributed by atoms with Gasteiger partial charge in [0.15, 0.2) is 0 Å². The van der Waals surface area contributed by atoms with E-state index < -0.39 is 0 Å². The van der Waals surface area contributed by atoms with Crippen LogP contribution in [0.1, 0.15) is 26.7 Å². The molecular formula is C11H19N3O. The molecule has 0 aliphatic carbocycles. The number of amides is 1. The summed E-state index contributed by atoms with van der Waals surface area (Å²) in [5.41, 5.74) is 0. The third-order valence-electron chi connectivity index (χ3n) is 2.93. The quantitative estimate of drug-likeness (QED) is 0.692. The van der Waals surface area contributed by atoms with Gasteiger partial charge in [-0.2, -0.15) is 5.26 Å². The molecule has 0 aromatic carbocycles. The first kappa shape index (κ1) is 12.0. The molecule has 4 heteroatoms. The van der Waals surface area contributed by atoms with Crippen molar-refractivity contribution in [3.63, 3.8) is 0 Å². The highest BCUT2D eigenvalue weighted by molar-refractivity contribution is 5.83. The van der Waals surface area contributed by atoms with E-state index in [-0.39, 0.29) is 18.0 Å². The number of rotatable bonds is 3. The number of likely N-dealkylation sites (N-methyl/N-ethyl adjacent to an activating group) is 1. The fourth-order valence-corrected chi connectivity index (χ4v) is 2.14. The van der Waals surface area contributed by atoms with Gasteiger partial charge in [-0.15, -0.1) is 0 Å². The van der Waals surface area contributed by atoms with Gasteiger partial charge in [-0.1, -0.05) is 6.92 Å². The van der Waals surface area contributed by atoms with E-state index in [9.17, 15) is 4.79 Å². The van der Waals surface area contributed by atoms with Gasteiger partial charge in [0.25, 0.3) is 0 Å². The molecule has 84 valence electrons. The molecule has 2 unspecified atom stereocenters. The van der Waals surface area contributed by atoms with Gasteiger partial charge in [0.2, 0.25) is 5.91 Å². The van der Waals surface area contributed by atoms with Crippen LogP contribution in [0.2, 0.25) is 0 Å². The van der Waals surface area contributed by atoms with Crippen molar-refractivity contribution >= 4 is 5.91 Å². The Kier molecular flexibility index (Phi) is 4.10. The lowest BCUT2D eigenvalue weighted by molar-refractivity contribution is -0.144. The van der Waals surface area contributed by atoms with Crippen LogP contribution in [-0.2, 0) is 4.79 Å². The molecule has 1 aliphatic heterocycles. The maximum Gasteiger partial charge on any atom is 0.241 e. The summed E-state index contributed by atoms with van der Waals surface area (Å²) in [7, 11) is 1.92. The van der Waals surface area contributed by atoms with Gasteiger partial charge in [-0.05, 0) is 20.4 Å². The molecule has 0 aromatic rings. The summed E-state index contributed by atoms with van der Waals surface area (Å²) in [6.07, 6.45) is 1.27. The molecule has 0 spiro atoms. The van der Waals surface area contributed by atoms with Crippen molar-refractivity contribution < 1.29 is 4.79 Å². The Morgan fingerprint density at radius 2 is 2.27 bits per heavy atom. The Labute approximate surface area is 91.5 Å². The van der Waals surface area contributed by atoms with Gasteiger partial charge in [0.05, 0.1) is 12.5 Å². The van der Waals surface area contributed by atoms with Crippen LogP contribution in [0.4, 0.5) is 0 Å². The molecule has 0 saturated carbocycles. The van der Waals surface area contributed by atoms with E-state index in [0.717, 1.165) is 19.5 Å². The van der Waals surface area contributed by atoms with Crippen LogP contribution >= 0.6 is 0 Å². The third kappa shape index (κ3) is 2.48. The predicted octanol–water partition coefficient (Wildman–Crippen LogP) is 0.841. The van der Waals surface area contributed by atoms with Gasteiger partial charge in [0.1, 0.15) is 6.04 Å². The first-order valence-corrected chi connectivity index (χ1v) is 5.49. The van der Waals surface area contributed by atoms with Crippen molar-refractivity contribution in [1.29, 1.82) is 5.26 Å². The van der Waals surface area contributed by atoms with Gasteiger partial charge >= 0.3 is 0 Å². The molecule has 1 aliphatic rings. The molecule has 2 atom stereocenters. The smallest absolute Gasteiger partial charge is 0.241 e. The third-order valence-corrected chi connectivity index (χ3v) is 2.93. The summed E-state index contributed by atoms with van der Waals surface area (Å²) in [5, 5.41) is 8.69. The largest absolute Gasteiger partial charge is 0.337 e. The number of carbonyl (C=O) groups is 1. The second-order valence-corrected chi connectivity index (χ2v) is 4.20. The van der Waals surface area contributed by atoms with E-state index in [1.54, 1.807) is 0 Å². The number of nitriles is 1. The number of hydrogen-bond acceptors (Lipinski definition) is 3. The zero-order valence-electron chi connectivity index (χ0n) is 9.73. The fourth-order valence-electron chi connectivity index (χ4n) is 2.14. The zero-order chi connectivity index (χ0) is 11.4. The lowest BCUT2D eigenvalue weighted by Gasteiger charge is -2.42. The Morgan fingerprint density at radius 3 is 2.80 bits per heavy atom. The van der Waals surface area contributed by atoms with E-state index >= 15 is 0 Å². The van der Waals surface area contributed by atoms with E-state index in [2.05, 4.69) is 19.9 Å². The summed E-state index contributed by atoms with van der Waals surface area (Å²) < 4.78 is 0. The normalized spacial score (nSPS) is 27.9. The monoisotopic (exact) mass is 209 g/mol. The van der Waals surface area contributed by atoms with Crippen LogP contribution in [0.3, 0.4) is 0 Å². The highest BCUT2D eigenvalue weighted by Gasteiger charge is 2.35. The molecule has 0 N–H and O–H groups in total. The maximum atomic E-state index is 12.1. The van der Waals surface area contributed by atoms with Crippen LogP contribution in [-0.4, -0.2) is 47.9 Å². The number of nitrogens with zero attached hydrogens (tertiary/aromatic N) is 3.